The molecule has 9 heteroatoms. The summed E-state index contributed by atoms with van der Waals surface area (Å²) in [6, 6.07) is 8.61. The van der Waals surface area contributed by atoms with Crippen molar-refractivity contribution in [2.24, 2.45) is 5.92 Å². The molecule has 0 saturated carbocycles. The summed E-state index contributed by atoms with van der Waals surface area (Å²) < 4.78 is 38.2. The largest absolute Gasteiger partial charge is 0.658 e. The molecule has 0 bridgehead atoms. The Balaban J connectivity index is 1.94. The maximum atomic E-state index is 12.7. The SMILES string of the molecule is CC(C)C[N-]Cc1ccc(Cl)c(-c2nc(-c3ccc(C(F)(F)F)nc3)cc(=O)[nH]2)c1. The van der Waals surface area contributed by atoms with Gasteiger partial charge in [-0.1, -0.05) is 43.0 Å². The van der Waals surface area contributed by atoms with E-state index in [1.54, 1.807) is 12.1 Å². The van der Waals surface area contributed by atoms with E-state index < -0.39 is 17.4 Å². The van der Waals surface area contributed by atoms with E-state index in [9.17, 15) is 18.0 Å². The number of nitrogens with zero attached hydrogens (tertiary/aromatic N) is 3. The smallest absolute Gasteiger partial charge is 0.433 e. The van der Waals surface area contributed by atoms with E-state index in [4.69, 9.17) is 11.6 Å². The van der Waals surface area contributed by atoms with Gasteiger partial charge in [-0.3, -0.25) is 9.78 Å². The Morgan fingerprint density at radius 3 is 2.57 bits per heavy atom. The van der Waals surface area contributed by atoms with Crippen LogP contribution < -0.4 is 5.56 Å². The number of rotatable bonds is 6. The van der Waals surface area contributed by atoms with Gasteiger partial charge in [0.1, 0.15) is 11.5 Å². The van der Waals surface area contributed by atoms with Crippen LogP contribution in [0, 0.1) is 5.92 Å². The number of benzene rings is 1. The molecule has 0 saturated heterocycles. The molecule has 1 N–H and O–H groups in total. The highest BCUT2D eigenvalue weighted by Gasteiger charge is 2.32. The average Bonchev–Trinajstić information content (AvgIpc) is 2.68. The van der Waals surface area contributed by atoms with Crippen LogP contribution in [0.5, 0.6) is 0 Å². The van der Waals surface area contributed by atoms with Gasteiger partial charge in [0.15, 0.2) is 0 Å². The Morgan fingerprint density at radius 2 is 1.93 bits per heavy atom. The van der Waals surface area contributed by atoms with Crippen molar-refractivity contribution >= 4 is 11.6 Å². The molecule has 0 aliphatic heterocycles. The third-order valence-corrected chi connectivity index (χ3v) is 4.50. The van der Waals surface area contributed by atoms with Gasteiger partial charge in [0.25, 0.3) is 5.56 Å². The van der Waals surface area contributed by atoms with Crippen molar-refractivity contribution < 1.29 is 13.2 Å². The number of alkyl halides is 3. The van der Waals surface area contributed by atoms with Gasteiger partial charge in [-0.2, -0.15) is 13.2 Å². The van der Waals surface area contributed by atoms with Gasteiger partial charge >= 0.3 is 6.18 Å². The lowest BCUT2D eigenvalue weighted by Crippen LogP contribution is -2.10. The van der Waals surface area contributed by atoms with E-state index in [0.29, 0.717) is 23.0 Å². The number of nitrogens with one attached hydrogen (secondary N) is 1. The first-order valence-corrected chi connectivity index (χ1v) is 9.58. The Hall–Kier alpha value is -2.71. The highest BCUT2D eigenvalue weighted by Crippen LogP contribution is 2.30. The first-order valence-electron chi connectivity index (χ1n) is 9.20. The Kier molecular flexibility index (Phi) is 6.58. The lowest BCUT2D eigenvalue weighted by Gasteiger charge is -2.22. The van der Waals surface area contributed by atoms with E-state index in [2.05, 4.69) is 34.1 Å². The summed E-state index contributed by atoms with van der Waals surface area (Å²) in [5.41, 5.74) is 0.417. The molecule has 0 radical (unpaired) electrons. The first kappa shape index (κ1) is 22.0. The highest BCUT2D eigenvalue weighted by atomic mass is 35.5. The predicted molar refractivity (Wildman–Crippen MR) is 110 cm³/mol. The molecular formula is C21H19ClF3N4O-. The third-order valence-electron chi connectivity index (χ3n) is 4.17. The second kappa shape index (κ2) is 8.97. The molecule has 0 amide bonds. The number of pyridine rings is 1. The van der Waals surface area contributed by atoms with Gasteiger partial charge in [0.2, 0.25) is 0 Å². The monoisotopic (exact) mass is 435 g/mol. The van der Waals surface area contributed by atoms with Gasteiger partial charge in [0, 0.05) is 23.4 Å². The Labute approximate surface area is 176 Å². The molecule has 0 unspecified atom stereocenters. The minimum Gasteiger partial charge on any atom is -0.658 e. The fraction of sp³-hybridized carbons (Fsp3) is 0.286. The molecule has 0 aliphatic rings. The fourth-order valence-corrected chi connectivity index (χ4v) is 2.96. The van der Waals surface area contributed by atoms with E-state index in [1.807, 2.05) is 6.07 Å². The minimum absolute atomic E-state index is 0.195. The quantitative estimate of drug-likeness (QED) is 0.539. The summed E-state index contributed by atoms with van der Waals surface area (Å²) in [6.45, 7) is 5.37. The van der Waals surface area contributed by atoms with Crippen molar-refractivity contribution in [3.63, 3.8) is 0 Å². The van der Waals surface area contributed by atoms with Crippen LogP contribution >= 0.6 is 11.6 Å². The molecule has 0 spiro atoms. The molecule has 1 aromatic carbocycles. The second-order valence-electron chi connectivity index (χ2n) is 7.18. The molecule has 0 fully saturated rings. The molecule has 3 aromatic rings. The molecule has 2 aromatic heterocycles. The minimum atomic E-state index is -4.54. The second-order valence-corrected chi connectivity index (χ2v) is 7.59. The lowest BCUT2D eigenvalue weighted by molar-refractivity contribution is -0.141. The van der Waals surface area contributed by atoms with E-state index in [1.165, 1.54) is 12.1 Å². The number of aromatic nitrogens is 3. The van der Waals surface area contributed by atoms with Crippen LogP contribution in [0.4, 0.5) is 13.2 Å². The van der Waals surface area contributed by atoms with Crippen LogP contribution in [0.1, 0.15) is 25.1 Å². The summed E-state index contributed by atoms with van der Waals surface area (Å²) in [5.74, 6) is 0.664. The number of halogens is 4. The Bertz CT molecular complexity index is 1080. The fourth-order valence-electron chi connectivity index (χ4n) is 2.75. The summed E-state index contributed by atoms with van der Waals surface area (Å²) in [6.07, 6.45) is -3.50. The normalized spacial score (nSPS) is 11.8. The Morgan fingerprint density at radius 1 is 1.17 bits per heavy atom. The van der Waals surface area contributed by atoms with Gasteiger partial charge < -0.3 is 10.3 Å². The molecular weight excluding hydrogens is 417 g/mol. The van der Waals surface area contributed by atoms with Gasteiger partial charge in [0.05, 0.1) is 10.7 Å². The van der Waals surface area contributed by atoms with Crippen molar-refractivity contribution in [2.75, 3.05) is 6.54 Å². The number of hydrogen-bond acceptors (Lipinski definition) is 3. The van der Waals surface area contributed by atoms with Crippen LogP contribution in [0.2, 0.25) is 5.02 Å². The topological polar surface area (TPSA) is 72.7 Å². The van der Waals surface area contributed by atoms with Crippen LogP contribution in [0.15, 0.2) is 47.4 Å². The summed E-state index contributed by atoms with van der Waals surface area (Å²) in [5, 5.41) is 4.86. The number of aromatic amines is 1. The van der Waals surface area contributed by atoms with Crippen LogP contribution in [-0.4, -0.2) is 21.5 Å². The summed E-state index contributed by atoms with van der Waals surface area (Å²) >= 11 is 6.31. The van der Waals surface area contributed by atoms with Crippen molar-refractivity contribution in [1.82, 2.24) is 15.0 Å². The van der Waals surface area contributed by atoms with Crippen molar-refractivity contribution in [3.05, 3.63) is 74.5 Å². The zero-order valence-corrected chi connectivity index (χ0v) is 17.1. The molecule has 3 rings (SSSR count). The highest BCUT2D eigenvalue weighted by molar-refractivity contribution is 6.33. The van der Waals surface area contributed by atoms with Gasteiger partial charge in [-0.15, -0.1) is 13.1 Å². The predicted octanol–water partition coefficient (Wildman–Crippen LogP) is 5.70. The van der Waals surface area contributed by atoms with Crippen LogP contribution in [-0.2, 0) is 12.7 Å². The van der Waals surface area contributed by atoms with E-state index in [-0.39, 0.29) is 17.1 Å². The van der Waals surface area contributed by atoms with E-state index >= 15 is 0 Å². The lowest BCUT2D eigenvalue weighted by atomic mass is 10.1. The zero-order valence-electron chi connectivity index (χ0n) is 16.3. The first-order chi connectivity index (χ1) is 14.1. The third kappa shape index (κ3) is 5.46. The molecule has 0 atom stereocenters. The molecule has 5 nitrogen and oxygen atoms in total. The molecule has 2 heterocycles. The van der Waals surface area contributed by atoms with Crippen molar-refractivity contribution in [3.8, 4) is 22.6 Å². The summed E-state index contributed by atoms with van der Waals surface area (Å²) in [7, 11) is 0. The van der Waals surface area contributed by atoms with Gasteiger partial charge in [-0.25, -0.2) is 4.98 Å². The van der Waals surface area contributed by atoms with Crippen molar-refractivity contribution in [2.45, 2.75) is 26.6 Å². The summed E-state index contributed by atoms with van der Waals surface area (Å²) in [4.78, 5) is 22.6. The molecule has 30 heavy (non-hydrogen) atoms. The number of H-pyrrole nitrogens is 1. The van der Waals surface area contributed by atoms with Crippen LogP contribution in [0.3, 0.4) is 0 Å². The molecule has 0 aliphatic carbocycles. The zero-order chi connectivity index (χ0) is 21.9. The standard InChI is InChI=1S/C21H19ClF3N4O/c1-12(2)9-26-10-13-3-5-16(22)15(7-13)20-28-17(8-19(30)29-20)14-4-6-18(27-11-14)21(23,24)25/h3-8,11-12H,9-10H2,1-2H3,(H,28,29,30)/q-1. The van der Waals surface area contributed by atoms with Crippen LogP contribution in [0.25, 0.3) is 28.0 Å². The van der Waals surface area contributed by atoms with Crippen molar-refractivity contribution in [1.29, 1.82) is 0 Å². The maximum Gasteiger partial charge on any atom is 0.433 e. The van der Waals surface area contributed by atoms with E-state index in [0.717, 1.165) is 24.4 Å². The average molecular weight is 436 g/mol. The maximum absolute atomic E-state index is 12.7. The number of hydrogen-bond donors (Lipinski definition) is 1. The van der Waals surface area contributed by atoms with Gasteiger partial charge in [-0.05, 0) is 24.3 Å². The molecule has 158 valence electrons.